The molecule has 4 nitrogen and oxygen atoms in total. The molecule has 5 heteroatoms. The van der Waals surface area contributed by atoms with Crippen molar-refractivity contribution in [2.75, 3.05) is 4.90 Å². The lowest BCUT2D eigenvalue weighted by Crippen LogP contribution is -2.44. The summed E-state index contributed by atoms with van der Waals surface area (Å²) >= 11 is 0. The van der Waals surface area contributed by atoms with Crippen LogP contribution in [0.15, 0.2) is 42.6 Å². The third kappa shape index (κ3) is 2.22. The van der Waals surface area contributed by atoms with Crippen LogP contribution in [0.3, 0.4) is 0 Å². The Balaban J connectivity index is 1.97. The van der Waals surface area contributed by atoms with Gasteiger partial charge in [0.05, 0.1) is 6.54 Å². The molecule has 1 aromatic carbocycles. The molecule has 0 spiro atoms. The van der Waals surface area contributed by atoms with E-state index >= 15 is 0 Å². The Hall–Kier alpha value is -2.43. The molecule has 102 valence electrons. The summed E-state index contributed by atoms with van der Waals surface area (Å²) < 4.78 is 18.8. The number of ether oxygens (including phenoxy) is 1. The van der Waals surface area contributed by atoms with Gasteiger partial charge >= 0.3 is 0 Å². The molecule has 0 saturated carbocycles. The minimum Gasteiger partial charge on any atom is -0.477 e. The summed E-state index contributed by atoms with van der Waals surface area (Å²) in [5.74, 6) is 0.536. The van der Waals surface area contributed by atoms with E-state index in [1.807, 2.05) is 0 Å². The van der Waals surface area contributed by atoms with Gasteiger partial charge in [-0.25, -0.2) is 9.37 Å². The average Bonchev–Trinajstić information content (AvgIpc) is 2.44. The number of carbonyl (C=O) groups excluding carboxylic acids is 1. The maximum atomic E-state index is 13.2. The standard InChI is InChI=1S/C15H13FN2O2/c1-10-15(19)18(9-11-4-2-5-12(16)8-11)14-13(20-10)6-3-7-17-14/h2-8,10H,9H2,1H3. The van der Waals surface area contributed by atoms with Gasteiger partial charge in [-0.3, -0.25) is 9.69 Å². The van der Waals surface area contributed by atoms with Crippen LogP contribution in [-0.4, -0.2) is 17.0 Å². The van der Waals surface area contributed by atoms with Crippen LogP contribution in [0.2, 0.25) is 0 Å². The van der Waals surface area contributed by atoms with E-state index in [0.29, 0.717) is 17.1 Å². The number of fused-ring (bicyclic) bond motifs is 1. The first-order chi connectivity index (χ1) is 9.65. The zero-order valence-corrected chi connectivity index (χ0v) is 10.9. The lowest BCUT2D eigenvalue weighted by atomic mass is 10.1. The monoisotopic (exact) mass is 272 g/mol. The Bertz CT molecular complexity index is 660. The first kappa shape index (κ1) is 12.6. The van der Waals surface area contributed by atoms with E-state index < -0.39 is 6.10 Å². The molecule has 1 unspecified atom stereocenters. The maximum absolute atomic E-state index is 13.2. The van der Waals surface area contributed by atoms with E-state index in [2.05, 4.69) is 4.98 Å². The number of hydrogen-bond donors (Lipinski definition) is 0. The number of halogens is 1. The predicted octanol–water partition coefficient (Wildman–Crippen LogP) is 2.53. The fourth-order valence-electron chi connectivity index (χ4n) is 2.21. The van der Waals surface area contributed by atoms with Gasteiger partial charge in [0, 0.05) is 6.20 Å². The predicted molar refractivity (Wildman–Crippen MR) is 71.9 cm³/mol. The van der Waals surface area contributed by atoms with Crippen LogP contribution in [0.4, 0.5) is 10.2 Å². The van der Waals surface area contributed by atoms with E-state index in [0.717, 1.165) is 0 Å². The highest BCUT2D eigenvalue weighted by atomic mass is 19.1. The van der Waals surface area contributed by atoms with Crippen molar-refractivity contribution in [3.05, 3.63) is 54.0 Å². The summed E-state index contributed by atoms with van der Waals surface area (Å²) in [6.45, 7) is 1.96. The molecule has 2 heterocycles. The average molecular weight is 272 g/mol. The molecular formula is C15H13FN2O2. The van der Waals surface area contributed by atoms with Gasteiger partial charge in [-0.15, -0.1) is 0 Å². The minimum atomic E-state index is -0.569. The number of nitrogens with zero attached hydrogens (tertiary/aromatic N) is 2. The highest BCUT2D eigenvalue weighted by molar-refractivity contribution is 5.98. The third-order valence-corrected chi connectivity index (χ3v) is 3.15. The van der Waals surface area contributed by atoms with Gasteiger partial charge in [-0.05, 0) is 36.8 Å². The summed E-state index contributed by atoms with van der Waals surface area (Å²) in [5.41, 5.74) is 0.712. The molecule has 1 atom stereocenters. The molecule has 0 saturated heterocycles. The summed E-state index contributed by atoms with van der Waals surface area (Å²) in [6, 6.07) is 9.71. The normalized spacial score (nSPS) is 17.6. The molecule has 1 aliphatic heterocycles. The molecule has 3 rings (SSSR count). The summed E-state index contributed by atoms with van der Waals surface area (Å²) in [4.78, 5) is 18.0. The van der Waals surface area contributed by atoms with Crippen LogP contribution in [0.1, 0.15) is 12.5 Å². The third-order valence-electron chi connectivity index (χ3n) is 3.15. The van der Waals surface area contributed by atoms with Crippen molar-refractivity contribution < 1.29 is 13.9 Å². The molecule has 0 radical (unpaired) electrons. The fourth-order valence-corrected chi connectivity index (χ4v) is 2.21. The quantitative estimate of drug-likeness (QED) is 0.843. The van der Waals surface area contributed by atoms with E-state index in [9.17, 15) is 9.18 Å². The largest absolute Gasteiger partial charge is 0.477 e. The van der Waals surface area contributed by atoms with E-state index in [1.54, 1.807) is 37.4 Å². The van der Waals surface area contributed by atoms with Crippen LogP contribution in [0.5, 0.6) is 5.75 Å². The Kier molecular flexibility index (Phi) is 3.10. The van der Waals surface area contributed by atoms with E-state index in [-0.39, 0.29) is 18.3 Å². The van der Waals surface area contributed by atoms with Gasteiger partial charge in [-0.1, -0.05) is 12.1 Å². The van der Waals surface area contributed by atoms with Crippen LogP contribution < -0.4 is 9.64 Å². The lowest BCUT2D eigenvalue weighted by Gasteiger charge is -2.31. The van der Waals surface area contributed by atoms with Crippen LogP contribution in [0, 0.1) is 5.82 Å². The molecule has 2 aromatic rings. The van der Waals surface area contributed by atoms with Gasteiger partial charge in [0.15, 0.2) is 17.7 Å². The molecule has 0 aliphatic carbocycles. The Morgan fingerprint density at radius 2 is 2.20 bits per heavy atom. The molecule has 0 fully saturated rings. The van der Waals surface area contributed by atoms with Crippen molar-refractivity contribution >= 4 is 11.7 Å². The van der Waals surface area contributed by atoms with Gasteiger partial charge in [0.1, 0.15) is 5.82 Å². The summed E-state index contributed by atoms with van der Waals surface area (Å²) in [7, 11) is 0. The maximum Gasteiger partial charge on any atom is 0.269 e. The number of pyridine rings is 1. The van der Waals surface area contributed by atoms with Crippen molar-refractivity contribution in [3.63, 3.8) is 0 Å². The minimum absolute atomic E-state index is 0.180. The SMILES string of the molecule is CC1Oc2cccnc2N(Cc2cccc(F)c2)C1=O. The lowest BCUT2D eigenvalue weighted by molar-refractivity contribution is -0.125. The number of anilines is 1. The van der Waals surface area contributed by atoms with Gasteiger partial charge in [0.2, 0.25) is 0 Å². The zero-order chi connectivity index (χ0) is 14.1. The molecule has 1 aromatic heterocycles. The second-order valence-electron chi connectivity index (χ2n) is 4.64. The van der Waals surface area contributed by atoms with Gasteiger partial charge < -0.3 is 4.74 Å². The number of carbonyl (C=O) groups is 1. The van der Waals surface area contributed by atoms with Crippen molar-refractivity contribution in [2.45, 2.75) is 19.6 Å². The molecule has 1 aliphatic rings. The number of aromatic nitrogens is 1. The molecule has 0 bridgehead atoms. The van der Waals surface area contributed by atoms with Crippen molar-refractivity contribution in [2.24, 2.45) is 0 Å². The molecule has 20 heavy (non-hydrogen) atoms. The number of benzene rings is 1. The second-order valence-corrected chi connectivity index (χ2v) is 4.64. The van der Waals surface area contributed by atoms with Crippen LogP contribution >= 0.6 is 0 Å². The van der Waals surface area contributed by atoms with E-state index in [4.69, 9.17) is 4.74 Å². The Labute approximate surface area is 115 Å². The first-order valence-electron chi connectivity index (χ1n) is 6.32. The Morgan fingerprint density at radius 3 is 3.00 bits per heavy atom. The number of amides is 1. The molecule has 0 N–H and O–H groups in total. The summed E-state index contributed by atoms with van der Waals surface area (Å²) in [6.07, 6.45) is 1.03. The zero-order valence-electron chi connectivity index (χ0n) is 10.9. The number of rotatable bonds is 2. The summed E-state index contributed by atoms with van der Waals surface area (Å²) in [5, 5.41) is 0. The van der Waals surface area contributed by atoms with Gasteiger partial charge in [0.25, 0.3) is 5.91 Å². The van der Waals surface area contributed by atoms with Gasteiger partial charge in [-0.2, -0.15) is 0 Å². The van der Waals surface area contributed by atoms with Crippen molar-refractivity contribution in [3.8, 4) is 5.75 Å². The molecular weight excluding hydrogens is 259 g/mol. The van der Waals surface area contributed by atoms with Crippen LogP contribution in [-0.2, 0) is 11.3 Å². The number of hydrogen-bond acceptors (Lipinski definition) is 3. The Morgan fingerprint density at radius 1 is 1.35 bits per heavy atom. The smallest absolute Gasteiger partial charge is 0.269 e. The van der Waals surface area contributed by atoms with E-state index in [1.165, 1.54) is 17.0 Å². The highest BCUT2D eigenvalue weighted by Gasteiger charge is 2.32. The molecule has 1 amide bonds. The van der Waals surface area contributed by atoms with Crippen molar-refractivity contribution in [1.29, 1.82) is 0 Å². The van der Waals surface area contributed by atoms with Crippen molar-refractivity contribution in [1.82, 2.24) is 4.98 Å². The highest BCUT2D eigenvalue weighted by Crippen LogP contribution is 2.32. The topological polar surface area (TPSA) is 42.4 Å². The fraction of sp³-hybridized carbons (Fsp3) is 0.200. The first-order valence-corrected chi connectivity index (χ1v) is 6.32. The second kappa shape index (κ2) is 4.92. The van der Waals surface area contributed by atoms with Crippen LogP contribution in [0.25, 0.3) is 0 Å².